The highest BCUT2D eigenvalue weighted by Crippen LogP contribution is 2.33. The Balaban J connectivity index is 0.00000225. The van der Waals surface area contributed by atoms with Crippen molar-refractivity contribution in [3.8, 4) is 0 Å². The molecule has 2 aromatic carbocycles. The molecule has 0 amide bonds. The van der Waals surface area contributed by atoms with Crippen LogP contribution in [0.3, 0.4) is 0 Å². The van der Waals surface area contributed by atoms with Gasteiger partial charge in [0.05, 0.1) is 6.04 Å². The van der Waals surface area contributed by atoms with Crippen LogP contribution < -0.4 is 5.73 Å². The molecule has 3 rings (SSSR count). The Kier molecular flexibility index (Phi) is 7.95. The Morgan fingerprint density at radius 3 is 2.08 bits per heavy atom. The van der Waals surface area contributed by atoms with Crippen LogP contribution in [0.25, 0.3) is 0 Å². The summed E-state index contributed by atoms with van der Waals surface area (Å²) in [5.41, 5.74) is 9.20. The molecule has 2 nitrogen and oxygen atoms in total. The molecule has 0 radical (unpaired) electrons. The van der Waals surface area contributed by atoms with Crippen molar-refractivity contribution in [3.63, 3.8) is 0 Å². The summed E-state index contributed by atoms with van der Waals surface area (Å²) in [6.07, 6.45) is 4.90. The molecule has 1 saturated heterocycles. The molecule has 2 aromatic rings. The molecule has 0 aliphatic carbocycles. The first-order valence-corrected chi connectivity index (χ1v) is 9.39. The van der Waals surface area contributed by atoms with Gasteiger partial charge in [-0.15, -0.1) is 12.4 Å². The fourth-order valence-corrected chi connectivity index (χ4v) is 3.97. The van der Waals surface area contributed by atoms with E-state index in [0.717, 1.165) is 19.5 Å². The second-order valence-corrected chi connectivity index (χ2v) is 7.07. The van der Waals surface area contributed by atoms with E-state index in [1.165, 1.54) is 30.4 Å². The third kappa shape index (κ3) is 5.07. The summed E-state index contributed by atoms with van der Waals surface area (Å²) in [5, 5.41) is 0. The molecular formula is C22H31ClN2. The lowest BCUT2D eigenvalue weighted by atomic mass is 9.86. The number of rotatable bonds is 6. The van der Waals surface area contributed by atoms with Crippen molar-refractivity contribution in [1.82, 2.24) is 4.90 Å². The Bertz CT molecular complexity index is 562. The number of hydrogen-bond acceptors (Lipinski definition) is 2. The van der Waals surface area contributed by atoms with Crippen LogP contribution in [0.1, 0.15) is 49.8 Å². The van der Waals surface area contributed by atoms with Crippen LogP contribution in [0, 0.1) is 5.92 Å². The maximum Gasteiger partial charge on any atom is 0.0601 e. The van der Waals surface area contributed by atoms with Gasteiger partial charge in [-0.05, 0) is 29.9 Å². The summed E-state index contributed by atoms with van der Waals surface area (Å²) >= 11 is 0. The first-order chi connectivity index (χ1) is 11.8. The smallest absolute Gasteiger partial charge is 0.0601 e. The average molecular weight is 359 g/mol. The van der Waals surface area contributed by atoms with Gasteiger partial charge in [0.15, 0.2) is 0 Å². The summed E-state index contributed by atoms with van der Waals surface area (Å²) in [6.45, 7) is 4.46. The number of piperidine rings is 1. The number of hydrogen-bond donors (Lipinski definition) is 1. The van der Waals surface area contributed by atoms with Crippen molar-refractivity contribution in [3.05, 3.63) is 71.8 Å². The van der Waals surface area contributed by atoms with Crippen LogP contribution in [0.15, 0.2) is 60.7 Å². The van der Waals surface area contributed by atoms with Gasteiger partial charge in [-0.1, -0.05) is 80.4 Å². The molecule has 0 saturated carbocycles. The normalized spacial score (nSPS) is 21.1. The molecule has 1 aliphatic heterocycles. The van der Waals surface area contributed by atoms with E-state index < -0.39 is 0 Å². The Hall–Kier alpha value is -1.35. The van der Waals surface area contributed by atoms with Gasteiger partial charge in [0.2, 0.25) is 0 Å². The van der Waals surface area contributed by atoms with Gasteiger partial charge in [0, 0.05) is 19.1 Å². The highest BCUT2D eigenvalue weighted by atomic mass is 35.5. The van der Waals surface area contributed by atoms with Crippen LogP contribution in [0.2, 0.25) is 0 Å². The van der Waals surface area contributed by atoms with Crippen LogP contribution in [0.5, 0.6) is 0 Å². The van der Waals surface area contributed by atoms with Gasteiger partial charge in [-0.3, -0.25) is 4.90 Å². The number of halogens is 1. The highest BCUT2D eigenvalue weighted by Gasteiger charge is 2.31. The maximum atomic E-state index is 6.43. The summed E-state index contributed by atoms with van der Waals surface area (Å²) in [4.78, 5) is 2.65. The topological polar surface area (TPSA) is 29.3 Å². The Morgan fingerprint density at radius 1 is 1.00 bits per heavy atom. The van der Waals surface area contributed by atoms with E-state index in [1.54, 1.807) is 0 Å². The summed E-state index contributed by atoms with van der Waals surface area (Å²) in [5.74, 6) is 0.619. The van der Waals surface area contributed by atoms with Crippen molar-refractivity contribution in [2.45, 2.75) is 44.7 Å². The summed E-state index contributed by atoms with van der Waals surface area (Å²) in [7, 11) is 0. The Labute approximate surface area is 158 Å². The van der Waals surface area contributed by atoms with Gasteiger partial charge in [-0.2, -0.15) is 0 Å². The molecule has 0 bridgehead atoms. The Morgan fingerprint density at radius 2 is 1.56 bits per heavy atom. The fourth-order valence-electron chi connectivity index (χ4n) is 3.97. The average Bonchev–Trinajstić information content (AvgIpc) is 2.64. The molecule has 0 aromatic heterocycles. The van der Waals surface area contributed by atoms with E-state index >= 15 is 0 Å². The summed E-state index contributed by atoms with van der Waals surface area (Å²) in [6, 6.07) is 22.5. The minimum atomic E-state index is 0. The van der Waals surface area contributed by atoms with Gasteiger partial charge in [0.25, 0.3) is 0 Å². The van der Waals surface area contributed by atoms with E-state index in [1.807, 2.05) is 0 Å². The van der Waals surface area contributed by atoms with E-state index in [0.29, 0.717) is 18.0 Å². The SMILES string of the molecule is CCCC[C@@H]1CN(C(c2ccccc2)c2ccccc2)CC[C@H]1N.Cl. The number of nitrogens with two attached hydrogens (primary N) is 1. The highest BCUT2D eigenvalue weighted by molar-refractivity contribution is 5.85. The number of likely N-dealkylation sites (tertiary alicyclic amines) is 1. The van der Waals surface area contributed by atoms with Crippen molar-refractivity contribution in [2.75, 3.05) is 13.1 Å². The molecular weight excluding hydrogens is 328 g/mol. The molecule has 1 aliphatic rings. The van der Waals surface area contributed by atoms with Crippen molar-refractivity contribution in [1.29, 1.82) is 0 Å². The monoisotopic (exact) mass is 358 g/mol. The lowest BCUT2D eigenvalue weighted by molar-refractivity contribution is 0.119. The van der Waals surface area contributed by atoms with E-state index in [-0.39, 0.29) is 12.4 Å². The van der Waals surface area contributed by atoms with Crippen LogP contribution in [-0.2, 0) is 0 Å². The zero-order valence-electron chi connectivity index (χ0n) is 15.2. The molecule has 0 unspecified atom stereocenters. The van der Waals surface area contributed by atoms with Gasteiger partial charge in [-0.25, -0.2) is 0 Å². The first-order valence-electron chi connectivity index (χ1n) is 9.39. The zero-order chi connectivity index (χ0) is 16.8. The van der Waals surface area contributed by atoms with Crippen molar-refractivity contribution in [2.24, 2.45) is 11.7 Å². The molecule has 1 heterocycles. The summed E-state index contributed by atoms with van der Waals surface area (Å²) < 4.78 is 0. The van der Waals surface area contributed by atoms with Crippen molar-refractivity contribution >= 4 is 12.4 Å². The van der Waals surface area contributed by atoms with Gasteiger partial charge < -0.3 is 5.73 Å². The zero-order valence-corrected chi connectivity index (χ0v) is 16.0. The quantitative estimate of drug-likeness (QED) is 0.784. The maximum absolute atomic E-state index is 6.43. The lowest BCUT2D eigenvalue weighted by Crippen LogP contribution is -2.48. The number of unbranched alkanes of at least 4 members (excludes halogenated alkanes) is 1. The second-order valence-electron chi connectivity index (χ2n) is 7.07. The van der Waals surface area contributed by atoms with Gasteiger partial charge in [0.1, 0.15) is 0 Å². The minimum absolute atomic E-state index is 0. The largest absolute Gasteiger partial charge is 0.327 e. The van der Waals surface area contributed by atoms with Crippen LogP contribution in [-0.4, -0.2) is 24.0 Å². The van der Waals surface area contributed by atoms with Crippen molar-refractivity contribution < 1.29 is 0 Å². The first kappa shape index (κ1) is 20.0. The van der Waals surface area contributed by atoms with E-state index in [9.17, 15) is 0 Å². The molecule has 2 atom stereocenters. The fraction of sp³-hybridized carbons (Fsp3) is 0.455. The molecule has 2 N–H and O–H groups in total. The third-order valence-electron chi connectivity index (χ3n) is 5.35. The van der Waals surface area contributed by atoms with Crippen LogP contribution in [0.4, 0.5) is 0 Å². The van der Waals surface area contributed by atoms with Gasteiger partial charge >= 0.3 is 0 Å². The molecule has 0 spiro atoms. The van der Waals surface area contributed by atoms with Crippen LogP contribution >= 0.6 is 12.4 Å². The number of benzene rings is 2. The lowest BCUT2D eigenvalue weighted by Gasteiger charge is -2.41. The predicted molar refractivity (Wildman–Crippen MR) is 109 cm³/mol. The number of nitrogens with zero attached hydrogens (tertiary/aromatic N) is 1. The second kappa shape index (κ2) is 9.96. The van der Waals surface area contributed by atoms with E-state index in [2.05, 4.69) is 72.5 Å². The minimum Gasteiger partial charge on any atom is -0.327 e. The molecule has 3 heteroatoms. The van der Waals surface area contributed by atoms with E-state index in [4.69, 9.17) is 5.73 Å². The predicted octanol–water partition coefficient (Wildman–Crippen LogP) is 5.04. The molecule has 136 valence electrons. The standard InChI is InChI=1S/C22H30N2.ClH/c1-2-3-10-20-17-24(16-15-21(20)23)22(18-11-6-4-7-12-18)19-13-8-5-9-14-19;/h4-9,11-14,20-22H,2-3,10,15-17,23H2,1H3;1H/t20-,21-;/m1./s1. The molecule has 1 fully saturated rings. The third-order valence-corrected chi connectivity index (χ3v) is 5.35. The molecule has 25 heavy (non-hydrogen) atoms.